The van der Waals surface area contributed by atoms with Gasteiger partial charge in [-0.15, -0.1) is 0 Å². The molecule has 0 radical (unpaired) electrons. The first kappa shape index (κ1) is 43.7. The van der Waals surface area contributed by atoms with E-state index < -0.39 is 59.4 Å². The molecule has 0 unspecified atom stereocenters. The van der Waals surface area contributed by atoms with Crippen LogP contribution in [0.25, 0.3) is 0 Å². The minimum Gasteiger partial charge on any atom is -0.491 e. The van der Waals surface area contributed by atoms with Crippen LogP contribution in [0.4, 0.5) is 10.5 Å². The van der Waals surface area contributed by atoms with Gasteiger partial charge >= 0.3 is 12.1 Å². The number of cyclic esters (lactones) is 1. The van der Waals surface area contributed by atoms with Gasteiger partial charge in [-0.05, 0) is 64.7 Å². The van der Waals surface area contributed by atoms with Crippen molar-refractivity contribution >= 4 is 29.6 Å². The Hall–Kier alpha value is -6.89. The number of carbonyl (C=O) groups is 4. The summed E-state index contributed by atoms with van der Waals surface area (Å²) in [5.41, 5.74) is 1.54. The number of aromatic nitrogens is 1. The number of rotatable bonds is 14. The zero-order valence-corrected chi connectivity index (χ0v) is 35.2. The maximum atomic E-state index is 16.2. The van der Waals surface area contributed by atoms with Crippen molar-refractivity contribution in [1.29, 1.82) is 0 Å². The van der Waals surface area contributed by atoms with Crippen LogP contribution in [0.1, 0.15) is 58.1 Å². The second kappa shape index (κ2) is 19.7. The van der Waals surface area contributed by atoms with E-state index in [1.165, 1.54) is 7.11 Å². The van der Waals surface area contributed by atoms with Crippen molar-refractivity contribution in [3.8, 4) is 17.6 Å². The van der Waals surface area contributed by atoms with Crippen molar-refractivity contribution in [3.05, 3.63) is 161 Å². The summed E-state index contributed by atoms with van der Waals surface area (Å²) in [6, 6.07) is 32.9. The Labute approximate surface area is 370 Å². The molecule has 3 N–H and O–H groups in total. The molecule has 2 saturated heterocycles. The number of anilines is 1. The maximum absolute atomic E-state index is 16.2. The molecule has 3 amide bonds. The van der Waals surface area contributed by atoms with Crippen LogP contribution in [0, 0.1) is 17.8 Å². The van der Waals surface area contributed by atoms with Crippen LogP contribution in [-0.4, -0.2) is 96.7 Å². The number of hydrogen-bond donors (Lipinski definition) is 3. The van der Waals surface area contributed by atoms with Gasteiger partial charge in [0.25, 0.3) is 0 Å². The number of aliphatic hydroxyl groups excluding tert-OH is 2. The maximum Gasteiger partial charge on any atom is 0.421 e. The first-order valence-corrected chi connectivity index (χ1v) is 21.2. The van der Waals surface area contributed by atoms with Gasteiger partial charge < -0.3 is 34.5 Å². The van der Waals surface area contributed by atoms with Gasteiger partial charge in [-0.1, -0.05) is 90.7 Å². The average Bonchev–Trinajstić information content (AvgIpc) is 3.78. The molecule has 4 heterocycles. The van der Waals surface area contributed by atoms with Gasteiger partial charge in [-0.3, -0.25) is 24.3 Å². The lowest BCUT2D eigenvalue weighted by Gasteiger charge is -2.46. The normalized spacial score (nSPS) is 22.2. The average molecular weight is 865 g/mol. The topological polar surface area (TPSA) is 177 Å². The van der Waals surface area contributed by atoms with Crippen molar-refractivity contribution in [3.63, 3.8) is 0 Å². The minimum atomic E-state index is -2.02. The first-order valence-electron chi connectivity index (χ1n) is 21.2. The summed E-state index contributed by atoms with van der Waals surface area (Å²) in [4.78, 5) is 68.5. The molecule has 3 aliphatic heterocycles. The molecular formula is C50H48N4O10. The van der Waals surface area contributed by atoms with Crippen LogP contribution in [0.2, 0.25) is 0 Å². The molecule has 14 heteroatoms. The summed E-state index contributed by atoms with van der Waals surface area (Å²) < 4.78 is 23.1. The van der Waals surface area contributed by atoms with Gasteiger partial charge in [0.2, 0.25) is 11.8 Å². The van der Waals surface area contributed by atoms with E-state index in [1.54, 1.807) is 54.7 Å². The van der Waals surface area contributed by atoms with E-state index in [4.69, 9.17) is 18.9 Å². The number of carbonyl (C=O) groups excluding carboxylic acids is 4. The predicted octanol–water partition coefficient (Wildman–Crippen LogP) is 4.99. The molecular weight excluding hydrogens is 817 g/mol. The smallest absolute Gasteiger partial charge is 0.421 e. The van der Waals surface area contributed by atoms with Crippen LogP contribution in [0.5, 0.6) is 5.75 Å². The van der Waals surface area contributed by atoms with E-state index in [0.717, 1.165) is 16.2 Å². The van der Waals surface area contributed by atoms with E-state index in [2.05, 4.69) is 22.1 Å². The Kier molecular flexibility index (Phi) is 13.4. The molecule has 0 saturated carbocycles. The monoisotopic (exact) mass is 864 g/mol. The summed E-state index contributed by atoms with van der Waals surface area (Å²) in [5, 5.41) is 22.2. The van der Waals surface area contributed by atoms with Crippen LogP contribution >= 0.6 is 0 Å². The number of fused-ring (bicyclic) bond motifs is 3. The third-order valence-electron chi connectivity index (χ3n) is 11.9. The first-order chi connectivity index (χ1) is 31.3. The van der Waals surface area contributed by atoms with Crippen molar-refractivity contribution in [2.45, 2.75) is 42.5 Å². The Bertz CT molecular complexity index is 2510. The number of morpholine rings is 1. The third-order valence-corrected chi connectivity index (χ3v) is 11.9. The summed E-state index contributed by atoms with van der Waals surface area (Å²) in [5.74, 6) is 2.81. The number of hydrogen-bond acceptors (Lipinski definition) is 12. The Morgan fingerprint density at radius 2 is 1.56 bits per heavy atom. The fourth-order valence-electron chi connectivity index (χ4n) is 9.34. The largest absolute Gasteiger partial charge is 0.491 e. The number of aliphatic hydroxyl groups is 2. The zero-order chi connectivity index (χ0) is 44.6. The molecule has 1 spiro atoms. The van der Waals surface area contributed by atoms with Gasteiger partial charge in [-0.2, -0.15) is 0 Å². The van der Waals surface area contributed by atoms with Gasteiger partial charge in [0.15, 0.2) is 0 Å². The predicted molar refractivity (Wildman–Crippen MR) is 234 cm³/mol. The molecule has 1 aromatic heterocycles. The van der Waals surface area contributed by atoms with Gasteiger partial charge in [0.05, 0.1) is 43.5 Å². The number of imide groups is 1. The van der Waals surface area contributed by atoms with E-state index in [0.29, 0.717) is 28.9 Å². The zero-order valence-electron chi connectivity index (χ0n) is 35.2. The molecule has 14 nitrogen and oxygen atoms in total. The van der Waals surface area contributed by atoms with Crippen LogP contribution in [-0.2, 0) is 40.4 Å². The van der Waals surface area contributed by atoms with E-state index in [9.17, 15) is 15.0 Å². The minimum absolute atomic E-state index is 0.0361. The number of benzene rings is 4. The Morgan fingerprint density at radius 1 is 0.828 bits per heavy atom. The molecule has 0 bridgehead atoms. The fraction of sp³-hybridized carbons (Fsp3) is 0.300. The summed E-state index contributed by atoms with van der Waals surface area (Å²) >= 11 is 0. The Balaban J connectivity index is 1.41. The Morgan fingerprint density at radius 3 is 2.25 bits per heavy atom. The highest BCUT2D eigenvalue weighted by Crippen LogP contribution is 2.66. The van der Waals surface area contributed by atoms with Crippen molar-refractivity contribution in [2.24, 2.45) is 5.92 Å². The standard InChI is InChI=1S/C50H48N4O10/c1-61-30-31-63-49(60)53-40-23-18-33(12-9-11-27-55)32-39(40)50(48(53)59)41(46(57)52-26-24-37-17-8-10-25-51-37)43-47(58)64-44(35-15-6-3-7-16-35)42(34-13-4-2-5-14-34)54(43)45(50)36-19-21-38(22-20-36)62-29-28-56/h2-8,10,13-23,25,32,41-45,55-56H,11,24,26-31H2,1H3,(H,52,57)/t41-,42-,43-,44+,45+,50-/m1/s1. The molecule has 0 aliphatic carbocycles. The second-order valence-electron chi connectivity index (χ2n) is 15.5. The molecule has 8 rings (SSSR count). The van der Waals surface area contributed by atoms with E-state index in [-0.39, 0.29) is 57.3 Å². The van der Waals surface area contributed by atoms with Crippen molar-refractivity contribution < 1.29 is 48.3 Å². The summed E-state index contributed by atoms with van der Waals surface area (Å²) in [7, 11) is 1.46. The molecule has 6 atom stereocenters. The highest BCUT2D eigenvalue weighted by molar-refractivity contribution is 6.23. The second-order valence-corrected chi connectivity index (χ2v) is 15.5. The number of ether oxygens (including phenoxy) is 4. The van der Waals surface area contributed by atoms with Crippen LogP contribution in [0.15, 0.2) is 128 Å². The SMILES string of the molecule is COCCOC(=O)N1C(=O)[C@@]2(c3cc(C#CCCO)ccc31)[C@H](c1ccc(OCCO)cc1)N1[C@H](c3ccccc3)[C@H](c3ccccc3)OC(=O)[C@H]1[C@@H]2C(=O)NCCc1ccccn1. The molecule has 4 aromatic carbocycles. The van der Waals surface area contributed by atoms with Gasteiger partial charge in [-0.25, -0.2) is 9.69 Å². The molecule has 3 aliphatic rings. The quantitative estimate of drug-likeness (QED) is 0.0776. The van der Waals surface area contributed by atoms with Crippen molar-refractivity contribution in [1.82, 2.24) is 15.2 Å². The number of amides is 3. The molecule has 2 fully saturated rings. The number of nitrogens with one attached hydrogen (secondary N) is 1. The molecule has 5 aromatic rings. The van der Waals surface area contributed by atoms with Crippen molar-refractivity contribution in [2.75, 3.05) is 51.6 Å². The highest BCUT2D eigenvalue weighted by Gasteiger charge is 2.75. The van der Waals surface area contributed by atoms with Crippen LogP contribution < -0.4 is 15.0 Å². The number of esters is 1. The number of nitrogens with zero attached hydrogens (tertiary/aromatic N) is 3. The van der Waals surface area contributed by atoms with E-state index >= 15 is 14.4 Å². The highest BCUT2D eigenvalue weighted by atomic mass is 16.6. The fourth-order valence-corrected chi connectivity index (χ4v) is 9.34. The molecule has 64 heavy (non-hydrogen) atoms. The number of pyridine rings is 1. The number of methoxy groups -OCH3 is 1. The van der Waals surface area contributed by atoms with Gasteiger partial charge in [0, 0.05) is 44.0 Å². The summed E-state index contributed by atoms with van der Waals surface area (Å²) in [6.07, 6.45) is 0.280. The summed E-state index contributed by atoms with van der Waals surface area (Å²) in [6.45, 7) is -0.359. The lowest BCUT2D eigenvalue weighted by atomic mass is 9.65. The van der Waals surface area contributed by atoms with E-state index in [1.807, 2.05) is 77.7 Å². The third kappa shape index (κ3) is 8.22. The lowest BCUT2D eigenvalue weighted by Crippen LogP contribution is -2.56. The lowest BCUT2D eigenvalue weighted by molar-refractivity contribution is -0.178. The van der Waals surface area contributed by atoms with Gasteiger partial charge in [0.1, 0.15) is 36.5 Å². The van der Waals surface area contributed by atoms with Crippen LogP contribution in [0.3, 0.4) is 0 Å². The molecule has 328 valence electrons.